The number of hydrogen-bond donors (Lipinski definition) is 1. The zero-order valence-electron chi connectivity index (χ0n) is 19.6. The predicted octanol–water partition coefficient (Wildman–Crippen LogP) is 6.50. The van der Waals surface area contributed by atoms with Crippen molar-refractivity contribution in [3.8, 4) is 22.9 Å². The predicted molar refractivity (Wildman–Crippen MR) is 139 cm³/mol. The lowest BCUT2D eigenvalue weighted by Crippen LogP contribution is -2.44. The molecule has 3 aromatic carbocycles. The van der Waals surface area contributed by atoms with Crippen LogP contribution in [0.1, 0.15) is 41.5 Å². The summed E-state index contributed by atoms with van der Waals surface area (Å²) in [6.45, 7) is 1.19. The second-order valence-electron chi connectivity index (χ2n) is 8.59. The van der Waals surface area contributed by atoms with Gasteiger partial charge in [0.15, 0.2) is 0 Å². The first-order chi connectivity index (χ1) is 17.0. The average molecular weight is 487 g/mol. The normalized spacial score (nSPS) is 16.2. The number of methoxy groups -OCH3 is 1. The minimum Gasteiger partial charge on any atom is -0.496 e. The average Bonchev–Trinajstić information content (AvgIpc) is 2.88. The van der Waals surface area contributed by atoms with E-state index in [0.29, 0.717) is 29.3 Å². The highest BCUT2D eigenvalue weighted by Crippen LogP contribution is 2.32. The summed E-state index contributed by atoms with van der Waals surface area (Å²) in [5, 5.41) is 20.0. The van der Waals surface area contributed by atoms with Crippen LogP contribution in [0.5, 0.6) is 5.75 Å². The Kier molecular flexibility index (Phi) is 7.87. The third-order valence-corrected chi connectivity index (χ3v) is 6.73. The number of halogens is 1. The number of hydrogen-bond acceptors (Lipinski definition) is 4. The highest BCUT2D eigenvalue weighted by Gasteiger charge is 2.29. The molecule has 4 rings (SSSR count). The lowest BCUT2D eigenvalue weighted by molar-refractivity contribution is -0.144. The summed E-state index contributed by atoms with van der Waals surface area (Å²) in [5.74, 6) is -0.136. The molecule has 0 aromatic heterocycles. The smallest absolute Gasteiger partial charge is 0.320 e. The first-order valence-electron chi connectivity index (χ1n) is 11.6. The van der Waals surface area contributed by atoms with Gasteiger partial charge in [0, 0.05) is 22.7 Å². The van der Waals surface area contributed by atoms with E-state index in [-0.39, 0.29) is 0 Å². The summed E-state index contributed by atoms with van der Waals surface area (Å²) in [5.41, 5.74) is 4.87. The fraction of sp³-hybridized carbons (Fsp3) is 0.241. The number of carboxylic acid groups (broad SMARTS) is 1. The number of rotatable bonds is 7. The highest BCUT2D eigenvalue weighted by molar-refractivity contribution is 6.32. The molecule has 0 aliphatic carbocycles. The Balaban J connectivity index is 1.63. The summed E-state index contributed by atoms with van der Waals surface area (Å²) in [6.07, 6.45) is 6.31. The van der Waals surface area contributed by atoms with Gasteiger partial charge in [-0.25, -0.2) is 0 Å². The Hall–Kier alpha value is -3.59. The molecule has 5 nitrogen and oxygen atoms in total. The van der Waals surface area contributed by atoms with Crippen LogP contribution in [-0.2, 0) is 11.3 Å². The van der Waals surface area contributed by atoms with Crippen LogP contribution in [0, 0.1) is 11.3 Å². The summed E-state index contributed by atoms with van der Waals surface area (Å²) in [6, 6.07) is 21.2. The number of aliphatic carboxylic acids is 1. The number of ether oxygens (including phenoxy) is 1. The van der Waals surface area contributed by atoms with E-state index in [2.05, 4.69) is 6.07 Å². The fourth-order valence-electron chi connectivity index (χ4n) is 4.60. The molecule has 1 saturated heterocycles. The van der Waals surface area contributed by atoms with Crippen LogP contribution in [0.3, 0.4) is 0 Å². The SMILES string of the molecule is COc1cc(C=Cc2cccc(-c3ccccc3)c2C#N)c(Cl)cc1CN1CCCCC1C(=O)O. The Bertz CT molecular complexity index is 1280. The van der Waals surface area contributed by atoms with Crippen LogP contribution in [0.4, 0.5) is 0 Å². The van der Waals surface area contributed by atoms with Gasteiger partial charge >= 0.3 is 5.97 Å². The molecule has 1 fully saturated rings. The molecule has 1 heterocycles. The maximum atomic E-state index is 11.7. The minimum absolute atomic E-state index is 0.460. The molecule has 1 N–H and O–H groups in total. The molecular weight excluding hydrogens is 460 g/mol. The van der Waals surface area contributed by atoms with Crippen LogP contribution < -0.4 is 4.74 Å². The number of nitrogens with zero attached hydrogens (tertiary/aromatic N) is 2. The van der Waals surface area contributed by atoms with E-state index in [1.807, 2.05) is 77.7 Å². The second-order valence-corrected chi connectivity index (χ2v) is 8.99. The van der Waals surface area contributed by atoms with Gasteiger partial charge in [0.2, 0.25) is 0 Å². The van der Waals surface area contributed by atoms with E-state index in [0.717, 1.165) is 47.2 Å². The Morgan fingerprint density at radius 2 is 1.91 bits per heavy atom. The van der Waals surface area contributed by atoms with Gasteiger partial charge in [-0.2, -0.15) is 5.26 Å². The van der Waals surface area contributed by atoms with Crippen molar-refractivity contribution < 1.29 is 14.6 Å². The van der Waals surface area contributed by atoms with Crippen molar-refractivity contribution in [1.29, 1.82) is 5.26 Å². The molecular formula is C29H27ClN2O3. The van der Waals surface area contributed by atoms with Gasteiger partial charge in [-0.1, -0.05) is 78.7 Å². The van der Waals surface area contributed by atoms with Crippen molar-refractivity contribution in [3.63, 3.8) is 0 Å². The van der Waals surface area contributed by atoms with E-state index < -0.39 is 12.0 Å². The van der Waals surface area contributed by atoms with Crippen molar-refractivity contribution >= 4 is 29.7 Å². The molecule has 1 aliphatic rings. The van der Waals surface area contributed by atoms with Crippen molar-refractivity contribution in [2.24, 2.45) is 0 Å². The van der Waals surface area contributed by atoms with E-state index >= 15 is 0 Å². The van der Waals surface area contributed by atoms with E-state index in [9.17, 15) is 15.2 Å². The van der Waals surface area contributed by atoms with Crippen LogP contribution in [0.25, 0.3) is 23.3 Å². The largest absolute Gasteiger partial charge is 0.496 e. The van der Waals surface area contributed by atoms with Gasteiger partial charge < -0.3 is 9.84 Å². The third kappa shape index (κ3) is 5.57. The zero-order valence-corrected chi connectivity index (χ0v) is 20.3. The van der Waals surface area contributed by atoms with Crippen LogP contribution in [0.15, 0.2) is 60.7 Å². The van der Waals surface area contributed by atoms with E-state index in [1.54, 1.807) is 7.11 Å². The van der Waals surface area contributed by atoms with Gasteiger partial charge in [0.05, 0.1) is 12.7 Å². The summed E-state index contributed by atoms with van der Waals surface area (Å²) in [4.78, 5) is 13.7. The van der Waals surface area contributed by atoms with Crippen LogP contribution >= 0.6 is 11.6 Å². The first-order valence-corrected chi connectivity index (χ1v) is 12.0. The fourth-order valence-corrected chi connectivity index (χ4v) is 4.85. The van der Waals surface area contributed by atoms with E-state index in [4.69, 9.17) is 16.3 Å². The molecule has 178 valence electrons. The van der Waals surface area contributed by atoms with Gasteiger partial charge in [0.25, 0.3) is 0 Å². The third-order valence-electron chi connectivity index (χ3n) is 6.41. The maximum Gasteiger partial charge on any atom is 0.320 e. The molecule has 35 heavy (non-hydrogen) atoms. The Labute approximate surface area is 210 Å². The number of benzene rings is 3. The number of nitriles is 1. The first kappa shape index (κ1) is 24.5. The summed E-state index contributed by atoms with van der Waals surface area (Å²) in [7, 11) is 1.60. The minimum atomic E-state index is -0.791. The number of carbonyl (C=O) groups is 1. The van der Waals surface area contributed by atoms with Gasteiger partial charge in [0.1, 0.15) is 17.9 Å². The number of piperidine rings is 1. The molecule has 1 atom stereocenters. The second kappa shape index (κ2) is 11.2. The number of carboxylic acids is 1. The Morgan fingerprint density at radius 3 is 2.63 bits per heavy atom. The maximum absolute atomic E-state index is 11.7. The van der Waals surface area contributed by atoms with Crippen LogP contribution in [-0.4, -0.2) is 35.7 Å². The lowest BCUT2D eigenvalue weighted by atomic mass is 9.95. The molecule has 0 radical (unpaired) electrons. The lowest BCUT2D eigenvalue weighted by Gasteiger charge is -2.33. The monoisotopic (exact) mass is 486 g/mol. The molecule has 0 amide bonds. The topological polar surface area (TPSA) is 73.6 Å². The molecule has 3 aromatic rings. The van der Waals surface area contributed by atoms with Gasteiger partial charge in [-0.3, -0.25) is 9.69 Å². The standard InChI is InChI=1S/C29H27ClN2O3/c1-35-28-17-22(26(30)16-23(28)19-32-15-6-5-12-27(32)29(33)34)14-13-21-10-7-11-24(25(21)18-31)20-8-3-2-4-9-20/h2-4,7-11,13-14,16-17,27H,5-6,12,15,19H2,1H3,(H,33,34). The summed E-state index contributed by atoms with van der Waals surface area (Å²) >= 11 is 6.64. The molecule has 6 heteroatoms. The van der Waals surface area contributed by atoms with Gasteiger partial charge in [-0.15, -0.1) is 0 Å². The van der Waals surface area contributed by atoms with Gasteiger partial charge in [-0.05, 0) is 48.2 Å². The van der Waals surface area contributed by atoms with Crippen molar-refractivity contribution in [3.05, 3.63) is 87.9 Å². The Morgan fingerprint density at radius 1 is 1.14 bits per heavy atom. The van der Waals surface area contributed by atoms with E-state index in [1.165, 1.54) is 0 Å². The van der Waals surface area contributed by atoms with Crippen molar-refractivity contribution in [2.45, 2.75) is 31.8 Å². The molecule has 0 saturated carbocycles. The van der Waals surface area contributed by atoms with Crippen LogP contribution in [0.2, 0.25) is 5.02 Å². The molecule has 1 aliphatic heterocycles. The van der Waals surface area contributed by atoms with Crippen molar-refractivity contribution in [1.82, 2.24) is 4.90 Å². The zero-order chi connectivity index (χ0) is 24.8. The molecule has 0 bridgehead atoms. The quantitative estimate of drug-likeness (QED) is 0.386. The highest BCUT2D eigenvalue weighted by atomic mass is 35.5. The summed E-state index contributed by atoms with van der Waals surface area (Å²) < 4.78 is 5.63. The molecule has 0 spiro atoms. The van der Waals surface area contributed by atoms with Crippen molar-refractivity contribution in [2.75, 3.05) is 13.7 Å². The number of likely N-dealkylation sites (tertiary alicyclic amines) is 1. The molecule has 1 unspecified atom stereocenters.